The van der Waals surface area contributed by atoms with Gasteiger partial charge in [0, 0.05) is 37.0 Å². The predicted molar refractivity (Wildman–Crippen MR) is 129 cm³/mol. The van der Waals surface area contributed by atoms with Gasteiger partial charge < -0.3 is 15.1 Å². The molecule has 170 valence electrons. The third kappa shape index (κ3) is 5.03. The second kappa shape index (κ2) is 9.02. The first-order chi connectivity index (χ1) is 14.7. The first kappa shape index (κ1) is 22.5. The summed E-state index contributed by atoms with van der Waals surface area (Å²) in [4.78, 5) is 29.7. The molecule has 0 aromatic carbocycles. The van der Waals surface area contributed by atoms with Gasteiger partial charge in [-0.2, -0.15) is 0 Å². The predicted octanol–water partition coefficient (Wildman–Crippen LogP) is 3.80. The molecule has 0 atom stereocenters. The van der Waals surface area contributed by atoms with E-state index in [-0.39, 0.29) is 17.2 Å². The molecular weight excluding hydrogens is 406 g/mol. The van der Waals surface area contributed by atoms with Gasteiger partial charge in [-0.3, -0.25) is 4.79 Å². The van der Waals surface area contributed by atoms with Gasteiger partial charge in [-0.1, -0.05) is 13.8 Å². The Labute approximate surface area is 190 Å². The van der Waals surface area contributed by atoms with E-state index in [0.717, 1.165) is 61.9 Å². The van der Waals surface area contributed by atoms with Crippen LogP contribution in [0, 0.1) is 18.3 Å². The standard InChI is InChI=1S/C24H37N5OS/c1-16-26-21(20-18-8-6-7-9-19(18)31-23(20)27-16)29-12-10-17(11-13-29)22(30)25-14-24(2,3)15-28(4)5/h17H,6-15H2,1-5H3,(H,25,30). The van der Waals surface area contributed by atoms with Crippen molar-refractivity contribution in [2.45, 2.75) is 59.3 Å². The molecule has 0 radical (unpaired) electrons. The Morgan fingerprint density at radius 1 is 1.19 bits per heavy atom. The van der Waals surface area contributed by atoms with Crippen molar-refractivity contribution in [2.75, 3.05) is 45.2 Å². The number of thiophene rings is 1. The van der Waals surface area contributed by atoms with Gasteiger partial charge >= 0.3 is 0 Å². The normalized spacial score (nSPS) is 17.9. The number of aromatic nitrogens is 2. The van der Waals surface area contributed by atoms with Gasteiger partial charge in [-0.15, -0.1) is 11.3 Å². The van der Waals surface area contributed by atoms with Crippen LogP contribution in [0.2, 0.25) is 0 Å². The van der Waals surface area contributed by atoms with Gasteiger partial charge in [0.2, 0.25) is 5.91 Å². The van der Waals surface area contributed by atoms with E-state index in [1.807, 2.05) is 18.3 Å². The lowest BCUT2D eigenvalue weighted by Gasteiger charge is -2.34. The van der Waals surface area contributed by atoms with Crippen molar-refractivity contribution in [2.24, 2.45) is 11.3 Å². The molecule has 1 N–H and O–H groups in total. The average molecular weight is 444 g/mol. The van der Waals surface area contributed by atoms with E-state index >= 15 is 0 Å². The summed E-state index contributed by atoms with van der Waals surface area (Å²) in [5.74, 6) is 2.27. The minimum atomic E-state index is 0.0714. The Morgan fingerprint density at radius 2 is 1.90 bits per heavy atom. The Balaban J connectivity index is 1.43. The lowest BCUT2D eigenvalue weighted by molar-refractivity contribution is -0.126. The topological polar surface area (TPSA) is 61.4 Å². The number of carbonyl (C=O) groups is 1. The van der Waals surface area contributed by atoms with Crippen molar-refractivity contribution >= 4 is 33.3 Å². The third-order valence-electron chi connectivity index (χ3n) is 6.56. The summed E-state index contributed by atoms with van der Waals surface area (Å²) < 4.78 is 0. The number of anilines is 1. The molecule has 6 nitrogen and oxygen atoms in total. The fourth-order valence-electron chi connectivity index (χ4n) is 5.21. The molecule has 2 aromatic heterocycles. The van der Waals surface area contributed by atoms with Gasteiger partial charge in [0.1, 0.15) is 16.5 Å². The maximum Gasteiger partial charge on any atom is 0.223 e. The van der Waals surface area contributed by atoms with Gasteiger partial charge in [0.15, 0.2) is 0 Å². The Morgan fingerprint density at radius 3 is 2.61 bits per heavy atom. The highest BCUT2D eigenvalue weighted by Gasteiger charge is 2.30. The zero-order valence-electron chi connectivity index (χ0n) is 19.8. The number of amides is 1. The van der Waals surface area contributed by atoms with Crippen LogP contribution in [-0.2, 0) is 17.6 Å². The van der Waals surface area contributed by atoms with Crippen molar-refractivity contribution in [1.29, 1.82) is 0 Å². The zero-order valence-corrected chi connectivity index (χ0v) is 20.6. The molecule has 0 bridgehead atoms. The van der Waals surface area contributed by atoms with Crippen LogP contribution in [0.4, 0.5) is 5.82 Å². The number of hydrogen-bond acceptors (Lipinski definition) is 6. The molecule has 1 aliphatic heterocycles. The molecular formula is C24H37N5OS. The number of fused-ring (bicyclic) bond motifs is 3. The highest BCUT2D eigenvalue weighted by atomic mass is 32.1. The molecule has 0 unspecified atom stereocenters. The smallest absolute Gasteiger partial charge is 0.223 e. The average Bonchev–Trinajstić information content (AvgIpc) is 3.09. The van der Waals surface area contributed by atoms with Crippen molar-refractivity contribution in [3.63, 3.8) is 0 Å². The maximum atomic E-state index is 12.8. The van der Waals surface area contributed by atoms with Gasteiger partial charge in [-0.25, -0.2) is 9.97 Å². The number of aryl methyl sites for hydroxylation is 3. The number of carbonyl (C=O) groups excluding carboxylic acids is 1. The summed E-state index contributed by atoms with van der Waals surface area (Å²) in [6, 6.07) is 0. The van der Waals surface area contributed by atoms with Gasteiger partial charge in [0.25, 0.3) is 0 Å². The molecule has 3 heterocycles. The minimum absolute atomic E-state index is 0.0714. The van der Waals surface area contributed by atoms with Crippen LogP contribution in [0.1, 0.15) is 55.8 Å². The van der Waals surface area contributed by atoms with E-state index in [9.17, 15) is 4.79 Å². The highest BCUT2D eigenvalue weighted by molar-refractivity contribution is 7.19. The van der Waals surface area contributed by atoms with E-state index < -0.39 is 0 Å². The first-order valence-electron chi connectivity index (χ1n) is 11.7. The second-order valence-corrected chi connectivity index (χ2v) is 11.5. The van der Waals surface area contributed by atoms with Crippen LogP contribution in [-0.4, -0.2) is 61.0 Å². The van der Waals surface area contributed by atoms with Crippen LogP contribution in [0.5, 0.6) is 0 Å². The highest BCUT2D eigenvalue weighted by Crippen LogP contribution is 2.40. The van der Waals surface area contributed by atoms with Crippen LogP contribution < -0.4 is 10.2 Å². The zero-order chi connectivity index (χ0) is 22.2. The Hall–Kier alpha value is -1.73. The number of piperidine rings is 1. The lowest BCUT2D eigenvalue weighted by Crippen LogP contribution is -2.45. The van der Waals surface area contributed by atoms with Crippen LogP contribution in [0.15, 0.2) is 0 Å². The largest absolute Gasteiger partial charge is 0.356 e. The van der Waals surface area contributed by atoms with Gasteiger partial charge in [0.05, 0.1) is 5.39 Å². The molecule has 0 spiro atoms. The molecule has 2 aliphatic rings. The molecule has 1 aliphatic carbocycles. The summed E-state index contributed by atoms with van der Waals surface area (Å²) in [5, 5.41) is 4.51. The van der Waals surface area contributed by atoms with Crippen LogP contribution in [0.3, 0.4) is 0 Å². The van der Waals surface area contributed by atoms with Crippen LogP contribution in [0.25, 0.3) is 10.2 Å². The molecule has 2 aromatic rings. The third-order valence-corrected chi connectivity index (χ3v) is 7.74. The summed E-state index contributed by atoms with van der Waals surface area (Å²) in [6.07, 6.45) is 6.65. The molecule has 0 saturated carbocycles. The van der Waals surface area contributed by atoms with Crippen molar-refractivity contribution in [1.82, 2.24) is 20.2 Å². The summed E-state index contributed by atoms with van der Waals surface area (Å²) >= 11 is 1.87. The Bertz CT molecular complexity index is 943. The molecule has 1 fully saturated rings. The fourth-order valence-corrected chi connectivity index (χ4v) is 6.51. The number of rotatable bonds is 6. The van der Waals surface area contributed by atoms with E-state index in [0.29, 0.717) is 0 Å². The van der Waals surface area contributed by atoms with Crippen molar-refractivity contribution in [3.05, 3.63) is 16.3 Å². The second-order valence-electron chi connectivity index (χ2n) is 10.4. The monoisotopic (exact) mass is 443 g/mol. The number of nitrogens with zero attached hydrogens (tertiary/aromatic N) is 4. The summed E-state index contributed by atoms with van der Waals surface area (Å²) in [7, 11) is 4.16. The van der Waals surface area contributed by atoms with E-state index in [1.54, 1.807) is 0 Å². The lowest BCUT2D eigenvalue weighted by atomic mass is 9.91. The van der Waals surface area contributed by atoms with E-state index in [2.05, 4.69) is 43.1 Å². The molecule has 31 heavy (non-hydrogen) atoms. The fraction of sp³-hybridized carbons (Fsp3) is 0.708. The maximum absolute atomic E-state index is 12.8. The molecule has 1 saturated heterocycles. The summed E-state index contributed by atoms with van der Waals surface area (Å²) in [6.45, 7) is 9.86. The van der Waals surface area contributed by atoms with Crippen LogP contribution >= 0.6 is 11.3 Å². The molecule has 4 rings (SSSR count). The SMILES string of the molecule is Cc1nc(N2CCC(C(=O)NCC(C)(C)CN(C)C)CC2)c2c3c(sc2n1)CCCC3. The molecule has 7 heteroatoms. The summed E-state index contributed by atoms with van der Waals surface area (Å²) in [5.41, 5.74) is 1.56. The Kier molecular flexibility index (Phi) is 6.54. The van der Waals surface area contributed by atoms with Crippen molar-refractivity contribution < 1.29 is 4.79 Å². The quantitative estimate of drug-likeness (QED) is 0.736. The first-order valence-corrected chi connectivity index (χ1v) is 12.5. The van der Waals surface area contributed by atoms with Gasteiger partial charge in [-0.05, 0) is 70.5 Å². The van der Waals surface area contributed by atoms with E-state index in [1.165, 1.54) is 35.1 Å². The molecule has 1 amide bonds. The number of hydrogen-bond donors (Lipinski definition) is 1. The minimum Gasteiger partial charge on any atom is -0.356 e. The van der Waals surface area contributed by atoms with Crippen molar-refractivity contribution in [3.8, 4) is 0 Å². The van der Waals surface area contributed by atoms with E-state index in [4.69, 9.17) is 9.97 Å². The number of nitrogens with one attached hydrogen (secondary N) is 1.